The van der Waals surface area contributed by atoms with Gasteiger partial charge in [-0.3, -0.25) is 14.3 Å². The fourth-order valence-electron chi connectivity index (χ4n) is 5.34. The zero-order valence-electron chi connectivity index (χ0n) is 18.6. The highest BCUT2D eigenvalue weighted by Gasteiger charge is 2.28. The molecule has 1 fully saturated rings. The number of nitrogens with one attached hydrogen (secondary N) is 1. The second kappa shape index (κ2) is 7.43. The molecule has 1 unspecified atom stereocenters. The Morgan fingerprint density at radius 2 is 2.03 bits per heavy atom. The first kappa shape index (κ1) is 20.4. The van der Waals surface area contributed by atoms with Crippen LogP contribution in [0.15, 0.2) is 41.3 Å². The van der Waals surface area contributed by atoms with Gasteiger partial charge in [0.1, 0.15) is 0 Å². The van der Waals surface area contributed by atoms with Gasteiger partial charge < -0.3 is 14.8 Å². The molecule has 2 aromatic carbocycles. The molecule has 1 amide bonds. The zero-order valence-corrected chi connectivity index (χ0v) is 19.3. The highest BCUT2D eigenvalue weighted by Crippen LogP contribution is 2.34. The molecule has 0 bridgehead atoms. The van der Waals surface area contributed by atoms with Gasteiger partial charge in [0.15, 0.2) is 0 Å². The summed E-state index contributed by atoms with van der Waals surface area (Å²) in [4.78, 5) is 33.5. The van der Waals surface area contributed by atoms with E-state index in [1.807, 2.05) is 41.9 Å². The number of anilines is 1. The molecule has 0 saturated carbocycles. The van der Waals surface area contributed by atoms with E-state index < -0.39 is 0 Å². The maximum Gasteiger partial charge on any atom is 0.259 e. The molecule has 7 nitrogen and oxygen atoms in total. The maximum atomic E-state index is 13.5. The number of benzene rings is 2. The topological polar surface area (TPSA) is 74.2 Å². The molecule has 1 atom stereocenters. The number of likely N-dealkylation sites (tertiary alicyclic amines) is 1. The number of amides is 1. The molecular weight excluding hydrogens is 438 g/mol. The summed E-state index contributed by atoms with van der Waals surface area (Å²) in [5.74, 6) is -0.0673. The maximum absolute atomic E-state index is 13.5. The van der Waals surface area contributed by atoms with Crippen LogP contribution in [-0.4, -0.2) is 52.3 Å². The van der Waals surface area contributed by atoms with Gasteiger partial charge >= 0.3 is 0 Å². The molecule has 0 aliphatic carbocycles. The number of likely N-dealkylation sites (N-methyl/N-ethyl adjacent to an activating group) is 1. The van der Waals surface area contributed by atoms with Crippen molar-refractivity contribution in [2.45, 2.75) is 25.8 Å². The lowest BCUT2D eigenvalue weighted by Gasteiger charge is -2.19. The van der Waals surface area contributed by atoms with Crippen molar-refractivity contribution in [1.29, 1.82) is 0 Å². The van der Waals surface area contributed by atoms with E-state index >= 15 is 0 Å². The summed E-state index contributed by atoms with van der Waals surface area (Å²) in [5, 5.41) is 6.77. The van der Waals surface area contributed by atoms with E-state index in [0.717, 1.165) is 53.6 Å². The summed E-state index contributed by atoms with van der Waals surface area (Å²) in [6, 6.07) is 9.70. The Balaban J connectivity index is 1.48. The standard InChI is InChI=1S/C25H24ClN5O2/c1-14-9-19-21(11-18(14)25(33)30-8-5-15-10-16(26)3-4-22(15)30)28-24(32)20-12-27-31(23(19)20)17-6-7-29(2)13-17/h3-4,9-12,17H,5-8,13H2,1-2H3,(H,28,32). The Morgan fingerprint density at radius 3 is 2.82 bits per heavy atom. The van der Waals surface area contributed by atoms with Gasteiger partial charge in [-0.25, -0.2) is 0 Å². The zero-order chi connectivity index (χ0) is 22.9. The minimum Gasteiger partial charge on any atom is -0.321 e. The normalized spacial score (nSPS) is 18.5. The predicted molar refractivity (Wildman–Crippen MR) is 131 cm³/mol. The first-order chi connectivity index (χ1) is 15.9. The van der Waals surface area contributed by atoms with Crippen LogP contribution in [-0.2, 0) is 6.42 Å². The van der Waals surface area contributed by atoms with E-state index in [2.05, 4.69) is 22.0 Å². The summed E-state index contributed by atoms with van der Waals surface area (Å²) < 4.78 is 2.00. The number of halogens is 1. The summed E-state index contributed by atoms with van der Waals surface area (Å²) in [6.45, 7) is 4.47. The molecule has 2 aliphatic heterocycles. The molecule has 6 rings (SSSR count). The Bertz CT molecular complexity index is 1500. The molecule has 2 aromatic heterocycles. The molecule has 168 valence electrons. The molecule has 33 heavy (non-hydrogen) atoms. The van der Waals surface area contributed by atoms with Crippen LogP contribution in [0.5, 0.6) is 0 Å². The Labute approximate surface area is 195 Å². The minimum absolute atomic E-state index is 0.0673. The molecular formula is C25H24ClN5O2. The Morgan fingerprint density at radius 1 is 1.18 bits per heavy atom. The van der Waals surface area contributed by atoms with Crippen molar-refractivity contribution >= 4 is 45.0 Å². The number of aryl methyl sites for hydroxylation is 1. The molecule has 4 aromatic rings. The highest BCUT2D eigenvalue weighted by atomic mass is 35.5. The van der Waals surface area contributed by atoms with Crippen LogP contribution in [0, 0.1) is 6.92 Å². The lowest BCUT2D eigenvalue weighted by atomic mass is 10.0. The Hall–Kier alpha value is -3.16. The van der Waals surface area contributed by atoms with Crippen molar-refractivity contribution in [2.24, 2.45) is 0 Å². The third-order valence-corrected chi connectivity index (χ3v) is 7.27. The fraction of sp³-hybridized carbons (Fsp3) is 0.320. The number of hydrogen-bond acceptors (Lipinski definition) is 4. The lowest BCUT2D eigenvalue weighted by Crippen LogP contribution is -2.29. The van der Waals surface area contributed by atoms with Crippen molar-refractivity contribution in [3.8, 4) is 0 Å². The van der Waals surface area contributed by atoms with Crippen LogP contribution in [0.25, 0.3) is 21.8 Å². The van der Waals surface area contributed by atoms with Crippen molar-refractivity contribution in [1.82, 2.24) is 19.7 Å². The average Bonchev–Trinajstić information content (AvgIpc) is 3.51. The summed E-state index contributed by atoms with van der Waals surface area (Å²) >= 11 is 6.13. The average molecular weight is 462 g/mol. The number of aromatic amines is 1. The van der Waals surface area contributed by atoms with Crippen molar-refractivity contribution < 1.29 is 4.79 Å². The highest BCUT2D eigenvalue weighted by molar-refractivity contribution is 6.30. The van der Waals surface area contributed by atoms with Crippen LogP contribution < -0.4 is 10.5 Å². The number of hydrogen-bond donors (Lipinski definition) is 1. The van der Waals surface area contributed by atoms with Gasteiger partial charge in [0.25, 0.3) is 11.5 Å². The van der Waals surface area contributed by atoms with E-state index in [0.29, 0.717) is 28.0 Å². The van der Waals surface area contributed by atoms with Gasteiger partial charge in [-0.2, -0.15) is 5.10 Å². The fourth-order valence-corrected chi connectivity index (χ4v) is 5.53. The van der Waals surface area contributed by atoms with Crippen LogP contribution in [0.1, 0.15) is 33.9 Å². The van der Waals surface area contributed by atoms with Gasteiger partial charge in [0.2, 0.25) is 0 Å². The van der Waals surface area contributed by atoms with Crippen LogP contribution >= 0.6 is 11.6 Å². The molecule has 2 aliphatic rings. The van der Waals surface area contributed by atoms with E-state index in [-0.39, 0.29) is 17.5 Å². The molecule has 4 heterocycles. The van der Waals surface area contributed by atoms with E-state index in [4.69, 9.17) is 11.6 Å². The first-order valence-electron chi connectivity index (χ1n) is 11.2. The van der Waals surface area contributed by atoms with Crippen molar-refractivity contribution in [2.75, 3.05) is 31.6 Å². The number of nitrogens with zero attached hydrogens (tertiary/aromatic N) is 4. The van der Waals surface area contributed by atoms with Gasteiger partial charge in [-0.1, -0.05) is 11.6 Å². The molecule has 1 saturated heterocycles. The monoisotopic (exact) mass is 461 g/mol. The van der Waals surface area contributed by atoms with Gasteiger partial charge in [0, 0.05) is 34.7 Å². The number of carbonyl (C=O) groups excluding carboxylic acids is 1. The largest absolute Gasteiger partial charge is 0.321 e. The quantitative estimate of drug-likeness (QED) is 0.491. The number of pyridine rings is 1. The van der Waals surface area contributed by atoms with Gasteiger partial charge in [0.05, 0.1) is 28.7 Å². The molecule has 0 spiro atoms. The molecule has 1 N–H and O–H groups in total. The third-order valence-electron chi connectivity index (χ3n) is 7.03. The SMILES string of the molecule is Cc1cc2c(cc1C(=O)N1CCc3cc(Cl)ccc31)[nH]c(=O)c1cnn(C3CCN(C)C3)c12. The van der Waals surface area contributed by atoms with Gasteiger partial charge in [-0.05, 0) is 74.8 Å². The Kier molecular flexibility index (Phi) is 4.61. The second-order valence-electron chi connectivity index (χ2n) is 9.20. The minimum atomic E-state index is -0.182. The predicted octanol–water partition coefficient (Wildman–Crippen LogP) is 3.92. The number of carbonyl (C=O) groups is 1. The van der Waals surface area contributed by atoms with Crippen LogP contribution in [0.4, 0.5) is 5.69 Å². The van der Waals surface area contributed by atoms with Crippen molar-refractivity contribution in [3.05, 3.63) is 68.6 Å². The number of H-pyrrole nitrogens is 1. The van der Waals surface area contributed by atoms with E-state index in [1.165, 1.54) is 0 Å². The third kappa shape index (κ3) is 3.18. The van der Waals surface area contributed by atoms with E-state index in [9.17, 15) is 9.59 Å². The summed E-state index contributed by atoms with van der Waals surface area (Å²) in [7, 11) is 2.10. The molecule has 0 radical (unpaired) electrons. The lowest BCUT2D eigenvalue weighted by molar-refractivity contribution is 0.0989. The van der Waals surface area contributed by atoms with Gasteiger partial charge in [-0.15, -0.1) is 0 Å². The second-order valence-corrected chi connectivity index (χ2v) is 9.64. The number of aromatic nitrogens is 3. The smallest absolute Gasteiger partial charge is 0.259 e. The van der Waals surface area contributed by atoms with Crippen LogP contribution in [0.3, 0.4) is 0 Å². The molecule has 8 heteroatoms. The van der Waals surface area contributed by atoms with E-state index in [1.54, 1.807) is 11.1 Å². The van der Waals surface area contributed by atoms with Crippen molar-refractivity contribution in [3.63, 3.8) is 0 Å². The van der Waals surface area contributed by atoms with Crippen LogP contribution in [0.2, 0.25) is 5.02 Å². The summed E-state index contributed by atoms with van der Waals surface area (Å²) in [5.41, 5.74) is 4.76. The number of fused-ring (bicyclic) bond motifs is 4. The number of rotatable bonds is 2. The summed E-state index contributed by atoms with van der Waals surface area (Å²) in [6.07, 6.45) is 3.43. The first-order valence-corrected chi connectivity index (χ1v) is 11.6.